The van der Waals surface area contributed by atoms with Gasteiger partial charge < -0.3 is 11.1 Å². The molecule has 0 saturated heterocycles. The minimum Gasteiger partial charge on any atom is -0.389 e. The fourth-order valence-corrected chi connectivity index (χ4v) is 2.28. The molecule has 0 radical (unpaired) electrons. The van der Waals surface area contributed by atoms with Crippen molar-refractivity contribution in [1.29, 1.82) is 0 Å². The third-order valence-electron chi connectivity index (χ3n) is 3.15. The SMILES string of the molecule is Cc1cc(NCCc2ccc(F)cc2)ccc1C(N)=S. The van der Waals surface area contributed by atoms with Crippen molar-refractivity contribution in [2.75, 3.05) is 11.9 Å². The quantitative estimate of drug-likeness (QED) is 0.828. The first-order valence-electron chi connectivity index (χ1n) is 6.45. The average molecular weight is 288 g/mol. The predicted molar refractivity (Wildman–Crippen MR) is 85.7 cm³/mol. The van der Waals surface area contributed by atoms with Gasteiger partial charge in [0.25, 0.3) is 0 Å². The molecule has 0 heterocycles. The van der Waals surface area contributed by atoms with Gasteiger partial charge in [-0.3, -0.25) is 0 Å². The monoisotopic (exact) mass is 288 g/mol. The molecule has 0 fully saturated rings. The molecule has 4 heteroatoms. The van der Waals surface area contributed by atoms with Gasteiger partial charge in [0.1, 0.15) is 10.8 Å². The van der Waals surface area contributed by atoms with Gasteiger partial charge in [-0.1, -0.05) is 24.4 Å². The van der Waals surface area contributed by atoms with Crippen molar-refractivity contribution in [3.8, 4) is 0 Å². The highest BCUT2D eigenvalue weighted by Crippen LogP contribution is 2.15. The van der Waals surface area contributed by atoms with Crippen LogP contribution in [0.2, 0.25) is 0 Å². The largest absolute Gasteiger partial charge is 0.389 e. The Morgan fingerprint density at radius 1 is 1.20 bits per heavy atom. The lowest BCUT2D eigenvalue weighted by atomic mass is 10.1. The average Bonchev–Trinajstić information content (AvgIpc) is 2.41. The number of benzene rings is 2. The molecule has 0 aliphatic rings. The van der Waals surface area contributed by atoms with Gasteiger partial charge in [-0.15, -0.1) is 0 Å². The molecule has 0 atom stereocenters. The Morgan fingerprint density at radius 2 is 1.90 bits per heavy atom. The van der Waals surface area contributed by atoms with Crippen molar-refractivity contribution in [3.05, 3.63) is 65.0 Å². The number of nitrogens with two attached hydrogens (primary N) is 1. The molecule has 0 bridgehead atoms. The molecular weight excluding hydrogens is 271 g/mol. The summed E-state index contributed by atoms with van der Waals surface area (Å²) in [4.78, 5) is 0.417. The van der Waals surface area contributed by atoms with Crippen molar-refractivity contribution in [2.45, 2.75) is 13.3 Å². The number of rotatable bonds is 5. The molecule has 104 valence electrons. The first-order chi connectivity index (χ1) is 9.56. The number of hydrogen-bond acceptors (Lipinski definition) is 2. The summed E-state index contributed by atoms with van der Waals surface area (Å²) < 4.78 is 12.8. The number of aryl methyl sites for hydroxylation is 1. The van der Waals surface area contributed by atoms with Crippen LogP contribution in [0.25, 0.3) is 0 Å². The molecule has 0 aromatic heterocycles. The zero-order valence-electron chi connectivity index (χ0n) is 11.3. The van der Waals surface area contributed by atoms with Gasteiger partial charge in [-0.05, 0) is 54.8 Å². The van der Waals surface area contributed by atoms with Crippen LogP contribution in [-0.2, 0) is 6.42 Å². The molecule has 0 saturated carbocycles. The van der Waals surface area contributed by atoms with E-state index in [9.17, 15) is 4.39 Å². The van der Waals surface area contributed by atoms with E-state index < -0.39 is 0 Å². The van der Waals surface area contributed by atoms with Crippen LogP contribution in [0.5, 0.6) is 0 Å². The minimum absolute atomic E-state index is 0.203. The van der Waals surface area contributed by atoms with Crippen molar-refractivity contribution in [2.24, 2.45) is 5.73 Å². The van der Waals surface area contributed by atoms with Gasteiger partial charge in [0.2, 0.25) is 0 Å². The number of nitrogens with one attached hydrogen (secondary N) is 1. The Balaban J connectivity index is 1.92. The molecule has 0 aliphatic heterocycles. The van der Waals surface area contributed by atoms with E-state index >= 15 is 0 Å². The zero-order chi connectivity index (χ0) is 14.5. The first kappa shape index (κ1) is 14.5. The van der Waals surface area contributed by atoms with E-state index in [2.05, 4.69) is 5.32 Å². The fourth-order valence-electron chi connectivity index (χ4n) is 2.05. The molecule has 3 N–H and O–H groups in total. The predicted octanol–water partition coefficient (Wildman–Crippen LogP) is 3.42. The van der Waals surface area contributed by atoms with E-state index in [4.69, 9.17) is 18.0 Å². The number of halogens is 1. The second-order valence-corrected chi connectivity index (χ2v) is 5.14. The van der Waals surface area contributed by atoms with Crippen LogP contribution in [0.15, 0.2) is 42.5 Å². The van der Waals surface area contributed by atoms with E-state index in [1.807, 2.05) is 25.1 Å². The number of hydrogen-bond donors (Lipinski definition) is 2. The third kappa shape index (κ3) is 3.78. The lowest BCUT2D eigenvalue weighted by Gasteiger charge is -2.10. The summed E-state index contributed by atoms with van der Waals surface area (Å²) in [6.45, 7) is 2.77. The molecular formula is C16H17FN2S. The Labute approximate surface area is 123 Å². The van der Waals surface area contributed by atoms with Crippen molar-refractivity contribution in [3.63, 3.8) is 0 Å². The standard InChI is InChI=1S/C16H17FN2S/c1-11-10-14(6-7-15(11)16(18)20)19-9-8-12-2-4-13(17)5-3-12/h2-7,10,19H,8-9H2,1H3,(H2,18,20). The summed E-state index contributed by atoms with van der Waals surface area (Å²) in [6, 6.07) is 12.5. The Bertz CT molecular complexity index is 608. The van der Waals surface area contributed by atoms with Crippen LogP contribution in [-0.4, -0.2) is 11.5 Å². The van der Waals surface area contributed by atoms with E-state index in [1.54, 1.807) is 12.1 Å². The summed E-state index contributed by atoms with van der Waals surface area (Å²) in [5.41, 5.74) is 9.74. The first-order valence-corrected chi connectivity index (χ1v) is 6.86. The van der Waals surface area contributed by atoms with E-state index in [0.717, 1.165) is 35.3 Å². The van der Waals surface area contributed by atoms with Crippen LogP contribution in [0.4, 0.5) is 10.1 Å². The highest BCUT2D eigenvalue weighted by molar-refractivity contribution is 7.80. The zero-order valence-corrected chi connectivity index (χ0v) is 12.1. The summed E-state index contributed by atoms with van der Waals surface area (Å²) in [5, 5.41) is 3.34. The topological polar surface area (TPSA) is 38.0 Å². The molecule has 0 amide bonds. The molecule has 0 aliphatic carbocycles. The van der Waals surface area contributed by atoms with Crippen molar-refractivity contribution >= 4 is 22.9 Å². The molecule has 2 aromatic carbocycles. The summed E-state index contributed by atoms with van der Waals surface area (Å²) in [6.07, 6.45) is 0.844. The lowest BCUT2D eigenvalue weighted by Crippen LogP contribution is -2.12. The van der Waals surface area contributed by atoms with Crippen LogP contribution in [0.3, 0.4) is 0 Å². The van der Waals surface area contributed by atoms with Gasteiger partial charge >= 0.3 is 0 Å². The van der Waals surface area contributed by atoms with E-state index in [0.29, 0.717) is 4.99 Å². The summed E-state index contributed by atoms with van der Waals surface area (Å²) in [7, 11) is 0. The maximum absolute atomic E-state index is 12.8. The molecule has 2 aromatic rings. The van der Waals surface area contributed by atoms with Crippen LogP contribution in [0.1, 0.15) is 16.7 Å². The Morgan fingerprint density at radius 3 is 2.50 bits per heavy atom. The summed E-state index contributed by atoms with van der Waals surface area (Å²) in [5.74, 6) is -0.203. The Hall–Kier alpha value is -1.94. The third-order valence-corrected chi connectivity index (χ3v) is 3.37. The van der Waals surface area contributed by atoms with Gasteiger partial charge in [0, 0.05) is 17.8 Å². The maximum Gasteiger partial charge on any atom is 0.123 e. The van der Waals surface area contributed by atoms with Gasteiger partial charge in [0.15, 0.2) is 0 Å². The van der Waals surface area contributed by atoms with Gasteiger partial charge in [0.05, 0.1) is 0 Å². The van der Waals surface area contributed by atoms with Crippen LogP contribution in [0, 0.1) is 12.7 Å². The number of thiocarbonyl (C=S) groups is 1. The van der Waals surface area contributed by atoms with E-state index in [1.165, 1.54) is 12.1 Å². The maximum atomic E-state index is 12.8. The fraction of sp³-hybridized carbons (Fsp3) is 0.188. The second-order valence-electron chi connectivity index (χ2n) is 4.70. The minimum atomic E-state index is -0.203. The molecule has 2 rings (SSSR count). The Kier molecular flexibility index (Phi) is 4.69. The molecule has 0 unspecified atom stereocenters. The summed E-state index contributed by atoms with van der Waals surface area (Å²) >= 11 is 4.98. The molecule has 20 heavy (non-hydrogen) atoms. The second kappa shape index (κ2) is 6.48. The normalized spacial score (nSPS) is 10.3. The van der Waals surface area contributed by atoms with Gasteiger partial charge in [-0.2, -0.15) is 0 Å². The highest BCUT2D eigenvalue weighted by Gasteiger charge is 2.02. The van der Waals surface area contributed by atoms with Gasteiger partial charge in [-0.25, -0.2) is 4.39 Å². The van der Waals surface area contributed by atoms with E-state index in [-0.39, 0.29) is 5.82 Å². The van der Waals surface area contributed by atoms with Crippen LogP contribution >= 0.6 is 12.2 Å². The van der Waals surface area contributed by atoms with Crippen molar-refractivity contribution < 1.29 is 4.39 Å². The lowest BCUT2D eigenvalue weighted by molar-refractivity contribution is 0.627. The number of anilines is 1. The molecule has 2 nitrogen and oxygen atoms in total. The molecule has 0 spiro atoms. The smallest absolute Gasteiger partial charge is 0.123 e. The highest BCUT2D eigenvalue weighted by atomic mass is 32.1. The van der Waals surface area contributed by atoms with Crippen molar-refractivity contribution in [1.82, 2.24) is 0 Å². The van der Waals surface area contributed by atoms with Crippen LogP contribution < -0.4 is 11.1 Å².